The highest BCUT2D eigenvalue weighted by Gasteiger charge is 2.23. The van der Waals surface area contributed by atoms with E-state index in [0.29, 0.717) is 5.46 Å². The van der Waals surface area contributed by atoms with Gasteiger partial charge in [-0.3, -0.25) is 0 Å². The third-order valence-corrected chi connectivity index (χ3v) is 2.29. The maximum Gasteiger partial charge on any atom is 0.488 e. The molecule has 2 nitrogen and oxygen atoms in total. The average molecular weight is 192 g/mol. The van der Waals surface area contributed by atoms with Crippen molar-refractivity contribution in [3.8, 4) is 0 Å². The smallest absolute Gasteiger partial charge is 0.423 e. The lowest BCUT2D eigenvalue weighted by atomic mass is 9.70. The Labute approximate surface area is 85.7 Å². The van der Waals surface area contributed by atoms with E-state index >= 15 is 0 Å². The minimum Gasteiger partial charge on any atom is -0.423 e. The zero-order valence-corrected chi connectivity index (χ0v) is 9.20. The largest absolute Gasteiger partial charge is 0.488 e. The van der Waals surface area contributed by atoms with Crippen molar-refractivity contribution >= 4 is 12.6 Å². The van der Waals surface area contributed by atoms with Crippen molar-refractivity contribution in [1.29, 1.82) is 0 Å². The number of benzene rings is 1. The van der Waals surface area contributed by atoms with Gasteiger partial charge >= 0.3 is 7.12 Å². The van der Waals surface area contributed by atoms with Crippen LogP contribution in [-0.2, 0) is 5.41 Å². The number of aryl methyl sites for hydroxylation is 1. The van der Waals surface area contributed by atoms with Gasteiger partial charge in [0.2, 0.25) is 0 Å². The molecule has 0 amide bonds. The standard InChI is InChI=1S/C11H17BO2/c1-8-5-6-9(11(2,3)4)10(7-8)12(13)14/h5-7,13-14H,1-4H3. The molecule has 0 aliphatic carbocycles. The van der Waals surface area contributed by atoms with Gasteiger partial charge in [-0.1, -0.05) is 44.5 Å². The van der Waals surface area contributed by atoms with Crippen LogP contribution in [0.4, 0.5) is 0 Å². The Morgan fingerprint density at radius 2 is 1.71 bits per heavy atom. The Morgan fingerprint density at radius 1 is 1.14 bits per heavy atom. The first-order valence-corrected chi connectivity index (χ1v) is 4.79. The van der Waals surface area contributed by atoms with E-state index in [9.17, 15) is 10.0 Å². The molecule has 0 aliphatic heterocycles. The summed E-state index contributed by atoms with van der Waals surface area (Å²) in [5.74, 6) is 0. The molecule has 0 aromatic heterocycles. The minimum absolute atomic E-state index is 0.0628. The molecular weight excluding hydrogens is 175 g/mol. The Balaban J connectivity index is 3.29. The predicted molar refractivity (Wildman–Crippen MR) is 59.7 cm³/mol. The van der Waals surface area contributed by atoms with Crippen LogP contribution in [0.3, 0.4) is 0 Å². The van der Waals surface area contributed by atoms with Crippen LogP contribution in [0.2, 0.25) is 0 Å². The van der Waals surface area contributed by atoms with Gasteiger partial charge in [-0.15, -0.1) is 0 Å². The maximum atomic E-state index is 9.25. The van der Waals surface area contributed by atoms with Crippen molar-refractivity contribution in [3.05, 3.63) is 29.3 Å². The summed E-state index contributed by atoms with van der Waals surface area (Å²) in [6.45, 7) is 8.12. The summed E-state index contributed by atoms with van der Waals surface area (Å²) in [5, 5.41) is 18.5. The summed E-state index contributed by atoms with van der Waals surface area (Å²) in [6.07, 6.45) is 0. The van der Waals surface area contributed by atoms with Crippen molar-refractivity contribution in [3.63, 3.8) is 0 Å². The van der Waals surface area contributed by atoms with Crippen molar-refractivity contribution < 1.29 is 10.0 Å². The van der Waals surface area contributed by atoms with E-state index in [1.54, 1.807) is 0 Å². The quantitative estimate of drug-likeness (QED) is 0.651. The van der Waals surface area contributed by atoms with Gasteiger partial charge in [0, 0.05) is 0 Å². The van der Waals surface area contributed by atoms with Crippen LogP contribution in [-0.4, -0.2) is 17.2 Å². The van der Waals surface area contributed by atoms with Crippen LogP contribution < -0.4 is 5.46 Å². The number of hydrogen-bond donors (Lipinski definition) is 2. The first-order valence-electron chi connectivity index (χ1n) is 4.79. The van der Waals surface area contributed by atoms with Gasteiger partial charge in [0.1, 0.15) is 0 Å². The van der Waals surface area contributed by atoms with Gasteiger partial charge in [0.25, 0.3) is 0 Å². The van der Waals surface area contributed by atoms with Crippen molar-refractivity contribution in [2.24, 2.45) is 0 Å². The molecule has 1 aromatic rings. The fourth-order valence-electron chi connectivity index (χ4n) is 1.58. The summed E-state index contributed by atoms with van der Waals surface area (Å²) < 4.78 is 0. The normalized spacial score (nSPS) is 11.6. The molecule has 76 valence electrons. The first-order chi connectivity index (χ1) is 6.32. The second-order valence-corrected chi connectivity index (χ2v) is 4.71. The Morgan fingerprint density at radius 3 is 2.14 bits per heavy atom. The lowest BCUT2D eigenvalue weighted by molar-refractivity contribution is 0.424. The Hall–Kier alpha value is -0.795. The van der Waals surface area contributed by atoms with E-state index in [4.69, 9.17) is 0 Å². The first kappa shape index (κ1) is 11.3. The molecular formula is C11H17BO2. The van der Waals surface area contributed by atoms with Crippen LogP contribution in [0, 0.1) is 6.92 Å². The molecule has 0 heterocycles. The molecule has 0 aliphatic rings. The molecule has 1 aromatic carbocycles. The van der Waals surface area contributed by atoms with Gasteiger partial charge in [0.05, 0.1) is 0 Å². The molecule has 0 spiro atoms. The van der Waals surface area contributed by atoms with Crippen molar-refractivity contribution in [2.45, 2.75) is 33.1 Å². The molecule has 0 radical (unpaired) electrons. The summed E-state index contributed by atoms with van der Waals surface area (Å²) in [7, 11) is -1.39. The van der Waals surface area contributed by atoms with E-state index in [1.165, 1.54) is 0 Å². The third-order valence-electron chi connectivity index (χ3n) is 2.29. The lowest BCUT2D eigenvalue weighted by Crippen LogP contribution is -2.37. The van der Waals surface area contributed by atoms with E-state index in [1.807, 2.05) is 25.1 Å². The van der Waals surface area contributed by atoms with Crippen LogP contribution in [0.15, 0.2) is 18.2 Å². The van der Waals surface area contributed by atoms with E-state index in [0.717, 1.165) is 11.1 Å². The molecule has 1 rings (SSSR count). The van der Waals surface area contributed by atoms with Gasteiger partial charge in [-0.2, -0.15) is 0 Å². The highest BCUT2D eigenvalue weighted by Crippen LogP contribution is 2.20. The highest BCUT2D eigenvalue weighted by molar-refractivity contribution is 6.59. The molecule has 2 N–H and O–H groups in total. The zero-order valence-electron chi connectivity index (χ0n) is 9.20. The molecule has 0 unspecified atom stereocenters. The Kier molecular flexibility index (Phi) is 3.02. The van der Waals surface area contributed by atoms with Gasteiger partial charge in [0.15, 0.2) is 0 Å². The highest BCUT2D eigenvalue weighted by atomic mass is 16.4. The molecule has 0 atom stereocenters. The van der Waals surface area contributed by atoms with E-state index in [2.05, 4.69) is 20.8 Å². The summed E-state index contributed by atoms with van der Waals surface area (Å²) in [6, 6.07) is 5.78. The van der Waals surface area contributed by atoms with E-state index in [-0.39, 0.29) is 5.41 Å². The maximum absolute atomic E-state index is 9.25. The van der Waals surface area contributed by atoms with Gasteiger partial charge in [-0.05, 0) is 23.4 Å². The summed E-state index contributed by atoms with van der Waals surface area (Å²) in [5.41, 5.74) is 2.57. The zero-order chi connectivity index (χ0) is 10.9. The lowest BCUT2D eigenvalue weighted by Gasteiger charge is -2.23. The Bertz CT molecular complexity index is 327. The van der Waals surface area contributed by atoms with Crippen LogP contribution >= 0.6 is 0 Å². The monoisotopic (exact) mass is 192 g/mol. The summed E-state index contributed by atoms with van der Waals surface area (Å²) in [4.78, 5) is 0. The fraction of sp³-hybridized carbons (Fsp3) is 0.455. The molecule has 14 heavy (non-hydrogen) atoms. The van der Waals surface area contributed by atoms with E-state index < -0.39 is 7.12 Å². The van der Waals surface area contributed by atoms with Crippen molar-refractivity contribution in [2.75, 3.05) is 0 Å². The fourth-order valence-corrected chi connectivity index (χ4v) is 1.58. The predicted octanol–water partition coefficient (Wildman–Crippen LogP) is 0.972. The van der Waals surface area contributed by atoms with Crippen molar-refractivity contribution in [1.82, 2.24) is 0 Å². The minimum atomic E-state index is -1.39. The second-order valence-electron chi connectivity index (χ2n) is 4.71. The molecule has 3 heteroatoms. The van der Waals surface area contributed by atoms with Crippen LogP contribution in [0.25, 0.3) is 0 Å². The molecule has 0 saturated carbocycles. The van der Waals surface area contributed by atoms with Crippen LogP contribution in [0.5, 0.6) is 0 Å². The van der Waals surface area contributed by atoms with Gasteiger partial charge < -0.3 is 10.0 Å². The summed E-state index contributed by atoms with van der Waals surface area (Å²) >= 11 is 0. The average Bonchev–Trinajstić information content (AvgIpc) is 2.01. The SMILES string of the molecule is Cc1ccc(C(C)(C)C)c(B(O)O)c1. The molecule has 0 fully saturated rings. The molecule has 0 bridgehead atoms. The number of rotatable bonds is 1. The number of hydrogen-bond acceptors (Lipinski definition) is 2. The second kappa shape index (κ2) is 3.75. The third kappa shape index (κ3) is 2.37. The van der Waals surface area contributed by atoms with Gasteiger partial charge in [-0.25, -0.2) is 0 Å². The van der Waals surface area contributed by atoms with Crippen LogP contribution in [0.1, 0.15) is 31.9 Å². The topological polar surface area (TPSA) is 40.5 Å². The molecule has 0 saturated heterocycles.